The summed E-state index contributed by atoms with van der Waals surface area (Å²) in [6, 6.07) is 4.90. The number of thiol groups is 2. The van der Waals surface area contributed by atoms with E-state index in [1.54, 1.807) is 42.6 Å². The number of benzene rings is 2. The molecule has 2 aromatic heterocycles. The van der Waals surface area contributed by atoms with E-state index in [-0.39, 0.29) is 88.3 Å². The number of hydrogen-bond acceptors (Lipinski definition) is 14. The number of hydrogen-bond donors (Lipinski definition) is 16. The predicted octanol–water partition coefficient (Wildman–Crippen LogP) is -2.70. The van der Waals surface area contributed by atoms with Crippen molar-refractivity contribution >= 4 is 101 Å². The van der Waals surface area contributed by atoms with Crippen LogP contribution in [0.1, 0.15) is 68.7 Å². The maximum absolute atomic E-state index is 14.8. The van der Waals surface area contributed by atoms with Crippen molar-refractivity contribution in [3.8, 4) is 0 Å². The second-order valence-electron chi connectivity index (χ2n) is 18.8. The van der Waals surface area contributed by atoms with E-state index in [0.717, 1.165) is 10.9 Å². The lowest BCUT2D eigenvalue weighted by molar-refractivity contribution is -0.136. The fraction of sp³-hybridized carbons (Fsp3) is 0.451. The number of H-pyrrole nitrogens is 2. The van der Waals surface area contributed by atoms with Gasteiger partial charge in [-0.1, -0.05) is 48.5 Å². The average Bonchev–Trinajstić information content (AvgIpc) is 4.12. The number of para-hydroxylation sites is 1. The number of primary amides is 1. The van der Waals surface area contributed by atoms with Crippen LogP contribution in [0.2, 0.25) is 0 Å². The second kappa shape index (κ2) is 31.3. The zero-order valence-corrected chi connectivity index (χ0v) is 45.3. The van der Waals surface area contributed by atoms with Crippen LogP contribution in [0.5, 0.6) is 0 Å². The molecule has 0 bridgehead atoms. The minimum absolute atomic E-state index is 0.0279. The number of fused-ring (bicyclic) bond motifs is 1. The van der Waals surface area contributed by atoms with E-state index in [2.05, 4.69) is 93.1 Å². The molecule has 17 N–H and O–H groups in total. The van der Waals surface area contributed by atoms with Crippen LogP contribution in [-0.4, -0.2) is 153 Å². The van der Waals surface area contributed by atoms with Crippen LogP contribution in [-0.2, 0) is 67.2 Å². The van der Waals surface area contributed by atoms with Crippen molar-refractivity contribution in [3.05, 3.63) is 90.1 Å². The highest BCUT2D eigenvalue weighted by Gasteiger charge is 2.35. The van der Waals surface area contributed by atoms with Crippen molar-refractivity contribution in [2.75, 3.05) is 24.6 Å². The Balaban J connectivity index is 1.56. The van der Waals surface area contributed by atoms with Gasteiger partial charge in [-0.3, -0.25) is 52.9 Å². The van der Waals surface area contributed by atoms with E-state index in [4.69, 9.17) is 17.2 Å². The van der Waals surface area contributed by atoms with Crippen LogP contribution in [0.15, 0.2) is 78.3 Å². The van der Waals surface area contributed by atoms with Gasteiger partial charge in [-0.25, -0.2) is 4.98 Å². The lowest BCUT2D eigenvalue weighted by atomic mass is 10.0. The Bertz CT molecular complexity index is 2780. The van der Waals surface area contributed by atoms with Crippen molar-refractivity contribution < 1.29 is 47.9 Å². The van der Waals surface area contributed by atoms with E-state index in [1.165, 1.54) is 19.4 Å². The fourth-order valence-electron chi connectivity index (χ4n) is 8.55. The summed E-state index contributed by atoms with van der Waals surface area (Å²) in [4.78, 5) is 152. The Morgan fingerprint density at radius 3 is 1.99 bits per heavy atom. The minimum atomic E-state index is -1.47. The van der Waals surface area contributed by atoms with Crippen molar-refractivity contribution in [1.82, 2.24) is 62.8 Å². The minimum Gasteiger partial charge on any atom is -0.370 e. The number of carbonyl (C=O) groups excluding carboxylic acids is 10. The molecule has 26 nitrogen and oxygen atoms in total. The Hall–Kier alpha value is -8.14. The van der Waals surface area contributed by atoms with Crippen molar-refractivity contribution in [2.45, 2.75) is 119 Å². The van der Waals surface area contributed by atoms with E-state index in [0.29, 0.717) is 23.2 Å². The first kappa shape index (κ1) is 61.7. The van der Waals surface area contributed by atoms with Gasteiger partial charge in [0.05, 0.1) is 6.33 Å². The summed E-state index contributed by atoms with van der Waals surface area (Å²) in [5.74, 6) is -8.52. The summed E-state index contributed by atoms with van der Waals surface area (Å²) in [5.41, 5.74) is 19.2. The highest BCUT2D eigenvalue weighted by atomic mass is 32.1. The Labute approximate surface area is 466 Å². The van der Waals surface area contributed by atoms with Crippen molar-refractivity contribution in [1.29, 1.82) is 0 Å². The molecule has 0 radical (unpaired) electrons. The van der Waals surface area contributed by atoms with Crippen LogP contribution >= 0.6 is 25.3 Å². The summed E-state index contributed by atoms with van der Waals surface area (Å²) >= 11 is 8.51. The van der Waals surface area contributed by atoms with E-state index < -0.39 is 107 Å². The molecule has 1 fully saturated rings. The molecule has 1 aliphatic heterocycles. The van der Waals surface area contributed by atoms with Gasteiger partial charge < -0.3 is 75.0 Å². The fourth-order valence-corrected chi connectivity index (χ4v) is 9.06. The number of aromatic nitrogens is 3. The van der Waals surface area contributed by atoms with Crippen LogP contribution < -0.4 is 65.1 Å². The molecular weight excluding hydrogens is 1060 g/mol. The SMILES string of the molecule is CC(=O)N[C@@H](CS)C(=O)N[C@H]1CCC(=O)NCCCC[C@@H](C(N)=O)NC(=O)[C@H](CS)NC(=O)[C@H](Cc2c[nH]c3ccccc23)NC(=O)[C@H](CCCN=C(N)N)NC(=O)[C@@H](Cc2ccccc2)NC(=O)[C@H](Cc2cnc[nH]2)NC1=O. The first-order valence-corrected chi connectivity index (χ1v) is 26.9. The molecule has 28 heteroatoms. The molecule has 79 heavy (non-hydrogen) atoms. The van der Waals surface area contributed by atoms with Gasteiger partial charge in [0.25, 0.3) is 0 Å². The van der Waals surface area contributed by atoms with Gasteiger partial charge >= 0.3 is 0 Å². The van der Waals surface area contributed by atoms with Gasteiger partial charge in [0.1, 0.15) is 48.3 Å². The zero-order valence-electron chi connectivity index (χ0n) is 43.5. The van der Waals surface area contributed by atoms with Crippen LogP contribution in [0.3, 0.4) is 0 Å². The zero-order chi connectivity index (χ0) is 57.4. The van der Waals surface area contributed by atoms with E-state index in [9.17, 15) is 47.9 Å². The van der Waals surface area contributed by atoms with Crippen LogP contribution in [0.4, 0.5) is 0 Å². The number of rotatable bonds is 16. The molecule has 2 aromatic carbocycles. The molecule has 0 unspecified atom stereocenters. The monoisotopic (exact) mass is 1130 g/mol. The molecule has 8 atom stereocenters. The molecule has 3 heterocycles. The Morgan fingerprint density at radius 2 is 1.34 bits per heavy atom. The first-order valence-electron chi connectivity index (χ1n) is 25.6. The lowest BCUT2D eigenvalue weighted by Crippen LogP contribution is -2.61. The van der Waals surface area contributed by atoms with Crippen molar-refractivity contribution in [3.63, 3.8) is 0 Å². The molecule has 5 rings (SSSR count). The number of nitrogens with zero attached hydrogens (tertiary/aromatic N) is 2. The van der Waals surface area contributed by atoms with Crippen molar-refractivity contribution in [2.24, 2.45) is 22.2 Å². The molecule has 0 aliphatic carbocycles. The Kier molecular flexibility index (Phi) is 24.5. The normalized spacial score (nSPS) is 22.2. The number of amides is 10. The molecule has 426 valence electrons. The van der Waals surface area contributed by atoms with Gasteiger partial charge in [0.2, 0.25) is 59.1 Å². The topological polar surface area (TPSA) is 414 Å². The molecular formula is C51H70N16O10S2. The first-order chi connectivity index (χ1) is 37.8. The number of aromatic amines is 2. The molecule has 4 aromatic rings. The van der Waals surface area contributed by atoms with Gasteiger partial charge in [-0.05, 0) is 55.7 Å². The largest absolute Gasteiger partial charge is 0.370 e. The molecule has 1 saturated heterocycles. The quantitative estimate of drug-likeness (QED) is 0.0235. The summed E-state index contributed by atoms with van der Waals surface area (Å²) in [7, 11) is 0. The standard InChI is InChI=1S/C51H70N16O10S2/c1-28(68)60-40(25-78)49(76)63-36-16-17-42(69)56-18-8-7-14-34(43(52)70)61-50(77)41(26-79)67-47(74)38(21-30-23-58-33-13-6-5-12-32(30)33)65-44(71)35(15-9-19-57-51(53)54)62-46(73)37(20-29-10-3-2-4-11-29)64-48(75)39(66-45(36)72)22-31-24-55-27-59-31/h2-6,10-13,23-24,27,34-41,58,78-79H,7-9,14-22,25-26H2,1H3,(H2,52,70)(H,55,59)(H,56,69)(H,60,68)(H,61,77)(H,62,73)(H,63,76)(H,64,75)(H,65,71)(H,66,72)(H,67,74)(H4,53,54,57)/t34-,35-,36-,37+,38-,39-,40-,41-/m0/s1. The molecule has 1 aliphatic rings. The third-order valence-electron chi connectivity index (χ3n) is 12.7. The number of nitrogens with two attached hydrogens (primary N) is 3. The highest BCUT2D eigenvalue weighted by molar-refractivity contribution is 7.80. The smallest absolute Gasteiger partial charge is 0.244 e. The number of aliphatic imine (C=N–C) groups is 1. The van der Waals surface area contributed by atoms with Gasteiger partial charge in [-0.15, -0.1) is 0 Å². The number of nitrogens with one attached hydrogen (secondary N) is 11. The summed E-state index contributed by atoms with van der Waals surface area (Å²) in [5, 5.41) is 24.6. The maximum atomic E-state index is 14.8. The molecule has 10 amide bonds. The average molecular weight is 1130 g/mol. The summed E-state index contributed by atoms with van der Waals surface area (Å²) in [6.45, 7) is 1.31. The second-order valence-corrected chi connectivity index (χ2v) is 19.5. The van der Waals surface area contributed by atoms with Crippen LogP contribution in [0, 0.1) is 0 Å². The van der Waals surface area contributed by atoms with Gasteiger partial charge in [0.15, 0.2) is 5.96 Å². The van der Waals surface area contributed by atoms with E-state index >= 15 is 0 Å². The highest BCUT2D eigenvalue weighted by Crippen LogP contribution is 2.20. The summed E-state index contributed by atoms with van der Waals surface area (Å²) in [6.07, 6.45) is 3.99. The van der Waals surface area contributed by atoms with Crippen LogP contribution in [0.25, 0.3) is 10.9 Å². The molecule has 0 spiro atoms. The van der Waals surface area contributed by atoms with Gasteiger partial charge in [0, 0.05) is 86.2 Å². The lowest BCUT2D eigenvalue weighted by Gasteiger charge is -2.28. The summed E-state index contributed by atoms with van der Waals surface area (Å²) < 4.78 is 0. The third-order valence-corrected chi connectivity index (χ3v) is 13.5. The Morgan fingerprint density at radius 1 is 0.722 bits per heavy atom. The maximum Gasteiger partial charge on any atom is 0.244 e. The third kappa shape index (κ3) is 20.0. The number of imidazole rings is 1. The van der Waals surface area contributed by atoms with E-state index in [1.807, 2.05) is 18.2 Å². The van der Waals surface area contributed by atoms with Gasteiger partial charge in [-0.2, -0.15) is 25.3 Å². The predicted molar refractivity (Wildman–Crippen MR) is 298 cm³/mol. The number of guanidine groups is 1. The number of carbonyl (C=O) groups is 10. The molecule has 0 saturated carbocycles.